The van der Waals surface area contributed by atoms with Crippen LogP contribution in [0.4, 0.5) is 11.8 Å². The quantitative estimate of drug-likeness (QED) is 0.585. The van der Waals surface area contributed by atoms with E-state index in [0.29, 0.717) is 11.4 Å². The molecule has 7 nitrogen and oxygen atoms in total. The second-order valence-corrected chi connectivity index (χ2v) is 3.14. The van der Waals surface area contributed by atoms with Gasteiger partial charge >= 0.3 is 92.5 Å². The number of nitrogens with zero attached hydrogens (tertiary/aromatic N) is 2. The van der Waals surface area contributed by atoms with Crippen LogP contribution in [0.1, 0.15) is 5.56 Å². The normalized spacial score (nSPS) is 9.56. The third-order valence-corrected chi connectivity index (χ3v) is 1.89. The third-order valence-electron chi connectivity index (χ3n) is 1.68. The Morgan fingerprint density at radius 3 is 2.81 bits per heavy atom. The second kappa shape index (κ2) is 6.12. The van der Waals surface area contributed by atoms with Gasteiger partial charge in [-0.2, -0.15) is 0 Å². The monoisotopic (exact) mass is 242 g/mol. The molecule has 1 heterocycles. The van der Waals surface area contributed by atoms with Crippen LogP contribution in [0.5, 0.6) is 5.88 Å². The Balaban J connectivity index is 2.58. The minimum absolute atomic E-state index is 0.0511. The van der Waals surface area contributed by atoms with Crippen molar-refractivity contribution >= 4 is 19.7 Å². The van der Waals surface area contributed by atoms with Gasteiger partial charge in [0.1, 0.15) is 0 Å². The van der Waals surface area contributed by atoms with Crippen molar-refractivity contribution in [3.05, 3.63) is 5.56 Å². The molecule has 0 unspecified atom stereocenters. The molecule has 1 aromatic rings. The number of ether oxygens (including phenoxy) is 2. The van der Waals surface area contributed by atoms with Gasteiger partial charge in [0.05, 0.1) is 0 Å². The molecule has 0 aliphatic rings. The van der Waals surface area contributed by atoms with Gasteiger partial charge in [-0.15, -0.1) is 0 Å². The van der Waals surface area contributed by atoms with Crippen LogP contribution in [0.2, 0.25) is 0 Å². The van der Waals surface area contributed by atoms with E-state index in [9.17, 15) is 4.57 Å². The number of nitrogen functional groups attached to an aromatic ring is 2. The Morgan fingerprint density at radius 2 is 2.12 bits per heavy atom. The van der Waals surface area contributed by atoms with Gasteiger partial charge in [-0.1, -0.05) is 0 Å². The van der Waals surface area contributed by atoms with Crippen LogP contribution in [0.25, 0.3) is 0 Å². The molecule has 0 atom stereocenters. The zero-order valence-corrected chi connectivity index (χ0v) is 9.53. The predicted octanol–water partition coefficient (Wildman–Crippen LogP) is 0.553. The van der Waals surface area contributed by atoms with Crippen molar-refractivity contribution in [2.45, 2.75) is 6.92 Å². The third kappa shape index (κ3) is 3.55. The number of hydrogen-bond acceptors (Lipinski definition) is 7. The van der Waals surface area contributed by atoms with Gasteiger partial charge in [0, 0.05) is 0 Å². The van der Waals surface area contributed by atoms with Gasteiger partial charge in [0.2, 0.25) is 0 Å². The molecule has 8 heteroatoms. The molecule has 1 rings (SSSR count). The molecule has 0 saturated carbocycles. The summed E-state index contributed by atoms with van der Waals surface area (Å²) in [4.78, 5) is 7.65. The molecule has 0 aliphatic carbocycles. The SMILES string of the molecule is Cc1c(N)nc(N)nc1OCCOC#P=O. The summed E-state index contributed by atoms with van der Waals surface area (Å²) in [5.41, 5.74) is 11.6. The van der Waals surface area contributed by atoms with E-state index < -0.39 is 0 Å². The van der Waals surface area contributed by atoms with Crippen molar-refractivity contribution in [1.82, 2.24) is 9.97 Å². The maximum atomic E-state index is 9.95. The van der Waals surface area contributed by atoms with E-state index in [1.807, 2.05) is 0 Å². The first-order chi connectivity index (χ1) is 7.65. The molecule has 0 saturated heterocycles. The van der Waals surface area contributed by atoms with Crippen LogP contribution in [0, 0.1) is 12.7 Å². The van der Waals surface area contributed by atoms with E-state index in [2.05, 4.69) is 15.8 Å². The number of rotatable bonds is 4. The van der Waals surface area contributed by atoms with Gasteiger partial charge in [-0.05, 0) is 0 Å². The zero-order valence-electron chi connectivity index (χ0n) is 8.64. The Morgan fingerprint density at radius 1 is 1.38 bits per heavy atom. The summed E-state index contributed by atoms with van der Waals surface area (Å²) in [6.45, 7) is 2.15. The molecule has 0 aromatic carbocycles. The van der Waals surface area contributed by atoms with E-state index in [4.69, 9.17) is 20.9 Å². The molecular weight excluding hydrogens is 231 g/mol. The van der Waals surface area contributed by atoms with Gasteiger partial charge in [0.25, 0.3) is 0 Å². The molecule has 0 amide bonds. The van der Waals surface area contributed by atoms with Crippen LogP contribution in [0.3, 0.4) is 0 Å². The summed E-state index contributed by atoms with van der Waals surface area (Å²) in [6.07, 6.45) is 0. The summed E-state index contributed by atoms with van der Waals surface area (Å²) in [5, 5.41) is 0. The van der Waals surface area contributed by atoms with Crippen molar-refractivity contribution < 1.29 is 14.0 Å². The molecule has 0 spiro atoms. The van der Waals surface area contributed by atoms with Crippen molar-refractivity contribution in [2.24, 2.45) is 0 Å². The summed E-state index contributed by atoms with van der Waals surface area (Å²) in [5.74, 6) is 2.77. The first-order valence-corrected chi connectivity index (χ1v) is 5.18. The second-order valence-electron chi connectivity index (χ2n) is 2.78. The van der Waals surface area contributed by atoms with Gasteiger partial charge < -0.3 is 0 Å². The Labute approximate surface area is 93.3 Å². The van der Waals surface area contributed by atoms with Crippen LogP contribution in [0.15, 0.2) is 0 Å². The van der Waals surface area contributed by atoms with E-state index >= 15 is 0 Å². The van der Waals surface area contributed by atoms with Crippen LogP contribution in [-0.2, 0) is 9.30 Å². The van der Waals surface area contributed by atoms with Crippen molar-refractivity contribution in [3.63, 3.8) is 0 Å². The Hall–Kier alpha value is -1.55. The standard InChI is InChI=1S/C8H11N4O3P/c1-5-6(9)11-8(10)12-7(5)15-3-2-14-4-16-13/h2-3H2,1H3,(H4,9,10,11,12). The summed E-state index contributed by atoms with van der Waals surface area (Å²) in [7, 11) is -0.301. The average Bonchev–Trinajstić information content (AvgIpc) is 2.24. The molecule has 86 valence electrons. The van der Waals surface area contributed by atoms with Crippen LogP contribution < -0.4 is 16.2 Å². The fourth-order valence-electron chi connectivity index (χ4n) is 0.922. The predicted molar refractivity (Wildman–Crippen MR) is 58.5 cm³/mol. The van der Waals surface area contributed by atoms with Crippen molar-refractivity contribution in [1.29, 1.82) is 0 Å². The van der Waals surface area contributed by atoms with Gasteiger partial charge in [-0.3, -0.25) is 0 Å². The fourth-order valence-corrected chi connectivity index (χ4v) is 1.07. The van der Waals surface area contributed by atoms with Crippen molar-refractivity contribution in [3.8, 4) is 11.7 Å². The average molecular weight is 242 g/mol. The van der Waals surface area contributed by atoms with E-state index in [1.54, 1.807) is 6.92 Å². The summed E-state index contributed by atoms with van der Waals surface area (Å²) in [6, 6.07) is 0. The van der Waals surface area contributed by atoms with E-state index in [1.165, 1.54) is 0 Å². The van der Waals surface area contributed by atoms with E-state index in [0.717, 1.165) is 0 Å². The van der Waals surface area contributed by atoms with Crippen molar-refractivity contribution in [2.75, 3.05) is 24.7 Å². The maximum absolute atomic E-state index is 9.95. The molecule has 4 N–H and O–H groups in total. The molecule has 0 radical (unpaired) electrons. The van der Waals surface area contributed by atoms with E-state index in [-0.39, 0.29) is 32.9 Å². The van der Waals surface area contributed by atoms with Gasteiger partial charge in [-0.25, -0.2) is 0 Å². The summed E-state index contributed by atoms with van der Waals surface area (Å²) < 4.78 is 19.9. The number of hydrogen-bond donors (Lipinski definition) is 2. The first-order valence-electron chi connectivity index (χ1n) is 4.36. The number of nitrogens with two attached hydrogens (primary N) is 2. The number of aromatic nitrogens is 2. The number of anilines is 2. The molecule has 0 bridgehead atoms. The van der Waals surface area contributed by atoms with Gasteiger partial charge in [0.15, 0.2) is 0 Å². The van der Waals surface area contributed by atoms with Crippen LogP contribution >= 0.6 is 7.92 Å². The topological polar surface area (TPSA) is 113 Å². The minimum atomic E-state index is -0.301. The summed E-state index contributed by atoms with van der Waals surface area (Å²) >= 11 is 0. The molecule has 1 aromatic heterocycles. The fraction of sp³-hybridized carbons (Fsp3) is 0.375. The Bertz CT molecular complexity index is 473. The first kappa shape index (κ1) is 12.5. The molecular formula is C8H11N4O3P. The molecule has 16 heavy (non-hydrogen) atoms. The van der Waals surface area contributed by atoms with Crippen LogP contribution in [-0.4, -0.2) is 23.2 Å². The molecule has 0 fully saturated rings. The zero-order chi connectivity index (χ0) is 12.0. The molecule has 0 aliphatic heterocycles. The Kier molecular flexibility index (Phi) is 4.79.